The zero-order valence-corrected chi connectivity index (χ0v) is 16.9. The zero-order chi connectivity index (χ0) is 20.5. The maximum Gasteiger partial charge on any atom is 0.252 e. The number of nitrogens with one attached hydrogen (secondary N) is 1. The van der Waals surface area contributed by atoms with Crippen LogP contribution in [0.15, 0.2) is 78.9 Å². The second-order valence-corrected chi connectivity index (χ2v) is 6.80. The number of carbonyl (C=O) groups excluding carboxylic acids is 1. The van der Waals surface area contributed by atoms with Gasteiger partial charge in [0, 0.05) is 12.2 Å². The van der Waals surface area contributed by atoms with E-state index in [1.165, 1.54) is 0 Å². The van der Waals surface area contributed by atoms with Gasteiger partial charge in [-0.25, -0.2) is 0 Å². The molecule has 0 fully saturated rings. The summed E-state index contributed by atoms with van der Waals surface area (Å²) in [4.78, 5) is 13.0. The van der Waals surface area contributed by atoms with Crippen molar-refractivity contribution in [2.45, 2.75) is 19.9 Å². The maximum atomic E-state index is 13.0. The molecule has 29 heavy (non-hydrogen) atoms. The average Bonchev–Trinajstić information content (AvgIpc) is 2.76. The summed E-state index contributed by atoms with van der Waals surface area (Å²) in [6.07, 6.45) is 0. The largest absolute Gasteiger partial charge is 0.491 e. The van der Waals surface area contributed by atoms with Crippen LogP contribution in [-0.2, 0) is 4.74 Å². The second kappa shape index (κ2) is 10.4. The van der Waals surface area contributed by atoms with Gasteiger partial charge < -0.3 is 14.8 Å². The predicted octanol–water partition coefficient (Wildman–Crippen LogP) is 4.93. The molecule has 0 bridgehead atoms. The van der Waals surface area contributed by atoms with E-state index < -0.39 is 0 Å². The van der Waals surface area contributed by atoms with Crippen LogP contribution in [-0.4, -0.2) is 25.7 Å². The molecule has 1 atom stereocenters. The number of ether oxygens (including phenoxy) is 2. The van der Waals surface area contributed by atoms with Crippen molar-refractivity contribution in [3.63, 3.8) is 0 Å². The van der Waals surface area contributed by atoms with E-state index in [2.05, 4.69) is 24.4 Å². The molecule has 0 aromatic heterocycles. The molecule has 0 heterocycles. The van der Waals surface area contributed by atoms with E-state index in [4.69, 9.17) is 9.47 Å². The van der Waals surface area contributed by atoms with Gasteiger partial charge in [-0.1, -0.05) is 66.2 Å². The maximum absolute atomic E-state index is 13.0. The SMILES string of the molecule is CCOCCOc1cccc(C(=O)N[C@@H](c2ccccc2)c2cccc(C)c2)c1. The highest BCUT2D eigenvalue weighted by Gasteiger charge is 2.18. The van der Waals surface area contributed by atoms with Gasteiger partial charge in [0.05, 0.1) is 12.6 Å². The molecule has 3 rings (SSSR count). The Kier molecular flexibility index (Phi) is 7.42. The van der Waals surface area contributed by atoms with Gasteiger partial charge in [0.25, 0.3) is 5.91 Å². The summed E-state index contributed by atoms with van der Waals surface area (Å²) in [6.45, 7) is 5.63. The highest BCUT2D eigenvalue weighted by molar-refractivity contribution is 5.95. The molecular weight excluding hydrogens is 362 g/mol. The summed E-state index contributed by atoms with van der Waals surface area (Å²) in [5, 5.41) is 3.18. The van der Waals surface area contributed by atoms with Crippen molar-refractivity contribution in [3.8, 4) is 5.75 Å². The Morgan fingerprint density at radius 3 is 2.41 bits per heavy atom. The van der Waals surface area contributed by atoms with Crippen molar-refractivity contribution in [2.75, 3.05) is 19.8 Å². The molecule has 0 aliphatic rings. The summed E-state index contributed by atoms with van der Waals surface area (Å²) in [5.74, 6) is 0.514. The van der Waals surface area contributed by atoms with Crippen LogP contribution < -0.4 is 10.1 Å². The Bertz CT molecular complexity index is 924. The third-order valence-corrected chi connectivity index (χ3v) is 4.58. The molecule has 0 radical (unpaired) electrons. The summed E-state index contributed by atoms with van der Waals surface area (Å²) in [6, 6.07) is 25.2. The second-order valence-electron chi connectivity index (χ2n) is 6.80. The van der Waals surface area contributed by atoms with E-state index in [0.29, 0.717) is 31.1 Å². The summed E-state index contributed by atoms with van der Waals surface area (Å²) in [7, 11) is 0. The number of rotatable bonds is 9. The first-order valence-electron chi connectivity index (χ1n) is 9.90. The van der Waals surface area contributed by atoms with E-state index in [0.717, 1.165) is 16.7 Å². The number of amides is 1. The minimum absolute atomic E-state index is 0.143. The molecule has 0 unspecified atom stereocenters. The lowest BCUT2D eigenvalue weighted by atomic mass is 9.97. The molecular formula is C25H27NO3. The minimum Gasteiger partial charge on any atom is -0.491 e. The smallest absolute Gasteiger partial charge is 0.252 e. The van der Waals surface area contributed by atoms with Crippen molar-refractivity contribution in [1.82, 2.24) is 5.32 Å². The van der Waals surface area contributed by atoms with Gasteiger partial charge in [0.2, 0.25) is 0 Å². The Hall–Kier alpha value is -3.11. The normalized spacial score (nSPS) is 11.7. The molecule has 4 heteroatoms. The first-order valence-corrected chi connectivity index (χ1v) is 9.90. The fraction of sp³-hybridized carbons (Fsp3) is 0.240. The van der Waals surface area contributed by atoms with Crippen molar-refractivity contribution in [1.29, 1.82) is 0 Å². The van der Waals surface area contributed by atoms with Gasteiger partial charge in [0.15, 0.2) is 0 Å². The highest BCUT2D eigenvalue weighted by Crippen LogP contribution is 2.24. The molecule has 0 saturated carbocycles. The molecule has 0 saturated heterocycles. The quantitative estimate of drug-likeness (QED) is 0.528. The van der Waals surface area contributed by atoms with Gasteiger partial charge in [-0.3, -0.25) is 4.79 Å². The Balaban J connectivity index is 1.78. The lowest BCUT2D eigenvalue weighted by Crippen LogP contribution is -2.29. The van der Waals surface area contributed by atoms with Crippen LogP contribution in [0.3, 0.4) is 0 Å². The van der Waals surface area contributed by atoms with Gasteiger partial charge in [-0.15, -0.1) is 0 Å². The number of carbonyl (C=O) groups is 1. The minimum atomic E-state index is -0.230. The van der Waals surface area contributed by atoms with E-state index in [9.17, 15) is 4.79 Å². The molecule has 0 aliphatic carbocycles. The number of aryl methyl sites for hydroxylation is 1. The van der Waals surface area contributed by atoms with E-state index >= 15 is 0 Å². The topological polar surface area (TPSA) is 47.6 Å². The molecule has 1 N–H and O–H groups in total. The lowest BCUT2D eigenvalue weighted by molar-refractivity contribution is 0.0941. The van der Waals surface area contributed by atoms with Gasteiger partial charge in [-0.2, -0.15) is 0 Å². The van der Waals surface area contributed by atoms with Gasteiger partial charge >= 0.3 is 0 Å². The third-order valence-electron chi connectivity index (χ3n) is 4.58. The molecule has 4 nitrogen and oxygen atoms in total. The lowest BCUT2D eigenvalue weighted by Gasteiger charge is -2.20. The standard InChI is InChI=1S/C25H27NO3/c1-3-28-15-16-29-23-14-8-13-22(18-23)25(27)26-24(20-10-5-4-6-11-20)21-12-7-9-19(2)17-21/h4-14,17-18,24H,3,15-16H2,1-2H3,(H,26,27)/t24-/m0/s1. The predicted molar refractivity (Wildman–Crippen MR) is 115 cm³/mol. The molecule has 0 aliphatic heterocycles. The van der Waals surface area contributed by atoms with Crippen LogP contribution >= 0.6 is 0 Å². The van der Waals surface area contributed by atoms with Gasteiger partial charge in [-0.05, 0) is 43.2 Å². The van der Waals surface area contributed by atoms with Crippen LogP contribution in [0.1, 0.15) is 40.0 Å². The van der Waals surface area contributed by atoms with Crippen molar-refractivity contribution in [2.24, 2.45) is 0 Å². The Labute approximate surface area is 172 Å². The van der Waals surface area contributed by atoms with E-state index in [1.54, 1.807) is 12.1 Å². The highest BCUT2D eigenvalue weighted by atomic mass is 16.5. The summed E-state index contributed by atoms with van der Waals surface area (Å²) < 4.78 is 11.0. The van der Waals surface area contributed by atoms with Crippen molar-refractivity contribution in [3.05, 3.63) is 101 Å². The number of hydrogen-bond donors (Lipinski definition) is 1. The fourth-order valence-corrected chi connectivity index (χ4v) is 3.16. The summed E-state index contributed by atoms with van der Waals surface area (Å²) >= 11 is 0. The van der Waals surface area contributed by atoms with Crippen LogP contribution in [0.4, 0.5) is 0 Å². The molecule has 150 valence electrons. The van der Waals surface area contributed by atoms with Crippen LogP contribution in [0, 0.1) is 6.92 Å². The molecule has 3 aromatic rings. The van der Waals surface area contributed by atoms with Crippen molar-refractivity contribution >= 4 is 5.91 Å². The van der Waals surface area contributed by atoms with Crippen LogP contribution in [0.5, 0.6) is 5.75 Å². The van der Waals surface area contributed by atoms with Gasteiger partial charge in [0.1, 0.15) is 12.4 Å². The van der Waals surface area contributed by atoms with E-state index in [1.807, 2.05) is 61.5 Å². The zero-order valence-electron chi connectivity index (χ0n) is 16.9. The van der Waals surface area contributed by atoms with Crippen LogP contribution in [0.2, 0.25) is 0 Å². The average molecular weight is 389 g/mol. The van der Waals surface area contributed by atoms with Crippen molar-refractivity contribution < 1.29 is 14.3 Å². The summed E-state index contributed by atoms with van der Waals surface area (Å²) in [5.41, 5.74) is 3.80. The third kappa shape index (κ3) is 5.93. The fourth-order valence-electron chi connectivity index (χ4n) is 3.16. The number of benzene rings is 3. The Morgan fingerprint density at radius 1 is 0.897 bits per heavy atom. The first-order chi connectivity index (χ1) is 14.2. The van der Waals surface area contributed by atoms with Crippen LogP contribution in [0.25, 0.3) is 0 Å². The molecule has 0 spiro atoms. The van der Waals surface area contributed by atoms with E-state index in [-0.39, 0.29) is 11.9 Å². The molecule has 1 amide bonds. The molecule has 3 aromatic carbocycles. The number of hydrogen-bond acceptors (Lipinski definition) is 3. The first kappa shape index (κ1) is 20.6. The Morgan fingerprint density at radius 2 is 1.66 bits per heavy atom. The monoisotopic (exact) mass is 389 g/mol.